The summed E-state index contributed by atoms with van der Waals surface area (Å²) >= 11 is 5.84. The van der Waals surface area contributed by atoms with E-state index >= 15 is 0 Å². The summed E-state index contributed by atoms with van der Waals surface area (Å²) < 4.78 is 0. The van der Waals surface area contributed by atoms with E-state index in [1.54, 1.807) is 48.5 Å². The molecule has 6 nitrogen and oxygen atoms in total. The van der Waals surface area contributed by atoms with E-state index in [9.17, 15) is 14.4 Å². The molecule has 3 N–H and O–H groups in total. The lowest BCUT2D eigenvalue weighted by Crippen LogP contribution is -2.35. The minimum atomic E-state index is -0.617. The van der Waals surface area contributed by atoms with Crippen molar-refractivity contribution in [3.8, 4) is 0 Å². The van der Waals surface area contributed by atoms with Gasteiger partial charge in [-0.2, -0.15) is 0 Å². The van der Waals surface area contributed by atoms with Gasteiger partial charge in [0.05, 0.1) is 6.54 Å². The van der Waals surface area contributed by atoms with Crippen molar-refractivity contribution in [3.05, 3.63) is 75.5 Å². The second-order valence-corrected chi connectivity index (χ2v) is 5.75. The van der Waals surface area contributed by atoms with Crippen LogP contribution in [-0.2, 0) is 4.79 Å². The number of carbonyl (C=O) groups is 2. The van der Waals surface area contributed by atoms with Crippen molar-refractivity contribution >= 4 is 40.0 Å². The Labute approximate surface area is 147 Å². The number of pyridine rings is 1. The van der Waals surface area contributed by atoms with E-state index in [-0.39, 0.29) is 17.5 Å². The van der Waals surface area contributed by atoms with Crippen molar-refractivity contribution in [3.63, 3.8) is 0 Å². The number of fused-ring (bicyclic) bond motifs is 1. The number of H-pyrrole nitrogens is 1. The van der Waals surface area contributed by atoms with Crippen molar-refractivity contribution in [2.75, 3.05) is 11.9 Å². The fourth-order valence-electron chi connectivity index (χ4n) is 2.36. The molecule has 0 aliphatic rings. The van der Waals surface area contributed by atoms with Crippen LogP contribution in [0.3, 0.4) is 0 Å². The Morgan fingerprint density at radius 2 is 1.88 bits per heavy atom. The second kappa shape index (κ2) is 7.19. The van der Waals surface area contributed by atoms with Crippen molar-refractivity contribution in [2.24, 2.45) is 0 Å². The van der Waals surface area contributed by atoms with Crippen molar-refractivity contribution < 1.29 is 9.59 Å². The number of rotatable bonds is 4. The Morgan fingerprint density at radius 1 is 1.08 bits per heavy atom. The van der Waals surface area contributed by atoms with Crippen LogP contribution in [0.1, 0.15) is 10.4 Å². The van der Waals surface area contributed by atoms with Crippen LogP contribution < -0.4 is 16.1 Å². The van der Waals surface area contributed by atoms with Gasteiger partial charge in [0.25, 0.3) is 5.91 Å². The predicted molar refractivity (Wildman–Crippen MR) is 97.0 cm³/mol. The normalized spacial score (nSPS) is 10.4. The minimum absolute atomic E-state index is 0.0470. The molecule has 3 rings (SSSR count). The first kappa shape index (κ1) is 16.7. The maximum Gasteiger partial charge on any atom is 0.257 e. The summed E-state index contributed by atoms with van der Waals surface area (Å²) in [6, 6.07) is 13.6. The van der Waals surface area contributed by atoms with E-state index in [0.29, 0.717) is 21.6 Å². The zero-order chi connectivity index (χ0) is 17.8. The smallest absolute Gasteiger partial charge is 0.257 e. The van der Waals surface area contributed by atoms with Gasteiger partial charge in [0, 0.05) is 27.8 Å². The van der Waals surface area contributed by atoms with Gasteiger partial charge in [0.2, 0.25) is 11.3 Å². The molecular formula is C18H14ClN3O3. The van der Waals surface area contributed by atoms with Gasteiger partial charge < -0.3 is 15.6 Å². The van der Waals surface area contributed by atoms with Crippen LogP contribution in [0.5, 0.6) is 0 Å². The number of benzene rings is 2. The first-order valence-corrected chi connectivity index (χ1v) is 7.86. The van der Waals surface area contributed by atoms with Gasteiger partial charge >= 0.3 is 0 Å². The van der Waals surface area contributed by atoms with Gasteiger partial charge in [-0.3, -0.25) is 14.4 Å². The Kier molecular flexibility index (Phi) is 4.81. The number of halogens is 1. The molecule has 2 aromatic carbocycles. The molecule has 0 spiro atoms. The zero-order valence-corrected chi connectivity index (χ0v) is 13.8. The number of carbonyl (C=O) groups excluding carboxylic acids is 2. The molecule has 0 aliphatic carbocycles. The third kappa shape index (κ3) is 3.87. The van der Waals surface area contributed by atoms with Crippen LogP contribution in [0.15, 0.2) is 59.5 Å². The minimum Gasteiger partial charge on any atom is -0.360 e. The van der Waals surface area contributed by atoms with E-state index in [2.05, 4.69) is 15.6 Å². The third-order valence-corrected chi connectivity index (χ3v) is 3.79. The van der Waals surface area contributed by atoms with Gasteiger partial charge in [-0.05, 0) is 30.3 Å². The number of hydrogen-bond acceptors (Lipinski definition) is 3. The lowest BCUT2D eigenvalue weighted by atomic mass is 10.1. The molecule has 0 saturated carbocycles. The molecular weight excluding hydrogens is 342 g/mol. The molecule has 0 fully saturated rings. The average molecular weight is 356 g/mol. The highest BCUT2D eigenvalue weighted by Crippen LogP contribution is 2.14. The highest BCUT2D eigenvalue weighted by Gasteiger charge is 2.14. The monoisotopic (exact) mass is 355 g/mol. The van der Waals surface area contributed by atoms with Crippen molar-refractivity contribution in [1.29, 1.82) is 0 Å². The fourth-order valence-corrected chi connectivity index (χ4v) is 2.55. The number of anilines is 1. The number of para-hydroxylation sites is 1. The second-order valence-electron chi connectivity index (χ2n) is 5.32. The van der Waals surface area contributed by atoms with E-state index < -0.39 is 11.8 Å². The first-order valence-electron chi connectivity index (χ1n) is 7.48. The maximum atomic E-state index is 12.3. The summed E-state index contributed by atoms with van der Waals surface area (Å²) in [4.78, 5) is 39.3. The van der Waals surface area contributed by atoms with E-state index in [1.165, 1.54) is 6.20 Å². The highest BCUT2D eigenvalue weighted by atomic mass is 35.5. The topological polar surface area (TPSA) is 91.1 Å². The Hall–Kier alpha value is -3.12. The van der Waals surface area contributed by atoms with Crippen LogP contribution in [0.2, 0.25) is 5.02 Å². The molecule has 2 amide bonds. The molecule has 1 aromatic heterocycles. The van der Waals surface area contributed by atoms with Gasteiger partial charge in [-0.1, -0.05) is 29.8 Å². The summed E-state index contributed by atoms with van der Waals surface area (Å²) in [5.74, 6) is -1.04. The summed E-state index contributed by atoms with van der Waals surface area (Å²) in [6.45, 7) is -0.266. The summed E-state index contributed by atoms with van der Waals surface area (Å²) in [5, 5.41) is 5.95. The molecule has 0 radical (unpaired) electrons. The van der Waals surface area contributed by atoms with Crippen LogP contribution >= 0.6 is 11.6 Å². The molecule has 0 aliphatic heterocycles. The lowest BCUT2D eigenvalue weighted by Gasteiger charge is -2.07. The van der Waals surface area contributed by atoms with Gasteiger partial charge in [-0.15, -0.1) is 0 Å². The number of aromatic amines is 1. The molecule has 0 unspecified atom stereocenters. The van der Waals surface area contributed by atoms with E-state index in [0.717, 1.165) is 0 Å². The first-order chi connectivity index (χ1) is 12.0. The highest BCUT2D eigenvalue weighted by molar-refractivity contribution is 6.30. The zero-order valence-electron chi connectivity index (χ0n) is 13.0. The lowest BCUT2D eigenvalue weighted by molar-refractivity contribution is -0.115. The van der Waals surface area contributed by atoms with Crippen LogP contribution in [-0.4, -0.2) is 23.3 Å². The van der Waals surface area contributed by atoms with Crippen LogP contribution in [0, 0.1) is 0 Å². The number of nitrogens with one attached hydrogen (secondary N) is 3. The number of hydrogen-bond donors (Lipinski definition) is 3. The van der Waals surface area contributed by atoms with Crippen LogP contribution in [0.4, 0.5) is 5.69 Å². The molecule has 25 heavy (non-hydrogen) atoms. The molecule has 126 valence electrons. The van der Waals surface area contributed by atoms with Crippen molar-refractivity contribution in [1.82, 2.24) is 10.3 Å². The van der Waals surface area contributed by atoms with Gasteiger partial charge in [-0.25, -0.2) is 0 Å². The Balaban J connectivity index is 1.67. The summed E-state index contributed by atoms with van der Waals surface area (Å²) in [6.07, 6.45) is 1.34. The molecule has 0 atom stereocenters. The predicted octanol–water partition coefficient (Wildman–Crippen LogP) is 2.55. The number of amides is 2. The quantitative estimate of drug-likeness (QED) is 0.671. The van der Waals surface area contributed by atoms with E-state index in [1.807, 2.05) is 0 Å². The molecule has 3 aromatic rings. The third-order valence-electron chi connectivity index (χ3n) is 3.55. The Bertz CT molecular complexity index is 1010. The standard InChI is InChI=1S/C18H14ClN3O3/c19-11-4-3-5-12(8-11)22-16(23)10-21-18(25)14-9-20-15-7-2-1-6-13(15)17(14)24/h1-9H,10H2,(H,20,24)(H,21,25)(H,22,23). The summed E-state index contributed by atoms with van der Waals surface area (Å²) in [7, 11) is 0. The van der Waals surface area contributed by atoms with E-state index in [4.69, 9.17) is 11.6 Å². The largest absolute Gasteiger partial charge is 0.360 e. The number of aromatic nitrogens is 1. The molecule has 0 saturated heterocycles. The Morgan fingerprint density at radius 3 is 2.68 bits per heavy atom. The SMILES string of the molecule is O=C(CNC(=O)c1c[nH]c2ccccc2c1=O)Nc1cccc(Cl)c1. The fraction of sp³-hybridized carbons (Fsp3) is 0.0556. The molecule has 0 bridgehead atoms. The maximum absolute atomic E-state index is 12.3. The van der Waals surface area contributed by atoms with Crippen LogP contribution in [0.25, 0.3) is 10.9 Å². The van der Waals surface area contributed by atoms with Crippen molar-refractivity contribution in [2.45, 2.75) is 0 Å². The summed E-state index contributed by atoms with van der Waals surface area (Å²) in [5.41, 5.74) is 0.731. The molecule has 7 heteroatoms. The van der Waals surface area contributed by atoms with Gasteiger partial charge in [0.1, 0.15) is 5.56 Å². The molecule has 1 heterocycles. The van der Waals surface area contributed by atoms with Gasteiger partial charge in [0.15, 0.2) is 0 Å². The average Bonchev–Trinajstić information content (AvgIpc) is 2.60.